The van der Waals surface area contributed by atoms with Crippen LogP contribution in [0.2, 0.25) is 0 Å². The number of hydrogen-bond donors (Lipinski definition) is 2. The van der Waals surface area contributed by atoms with Crippen LogP contribution in [-0.2, 0) is 12.8 Å². The second kappa shape index (κ2) is 6.35. The molecule has 3 aromatic carbocycles. The second-order valence-electron chi connectivity index (χ2n) is 5.66. The molecular formula is C20H20N2. The molecule has 3 rings (SSSR count). The highest BCUT2D eigenvalue weighted by molar-refractivity contribution is 5.43. The maximum absolute atomic E-state index is 5.82. The number of rotatable bonds is 4. The molecule has 0 amide bonds. The molecule has 0 saturated heterocycles. The molecule has 0 radical (unpaired) electrons. The predicted molar refractivity (Wildman–Crippen MR) is 93.8 cm³/mol. The fourth-order valence-electron chi connectivity index (χ4n) is 2.58. The summed E-state index contributed by atoms with van der Waals surface area (Å²) in [5.74, 6) is 0. The molecule has 22 heavy (non-hydrogen) atoms. The van der Waals surface area contributed by atoms with E-state index in [2.05, 4.69) is 42.5 Å². The van der Waals surface area contributed by atoms with E-state index in [1.54, 1.807) is 0 Å². The van der Waals surface area contributed by atoms with Crippen molar-refractivity contribution in [1.82, 2.24) is 0 Å². The van der Waals surface area contributed by atoms with Crippen LogP contribution >= 0.6 is 0 Å². The van der Waals surface area contributed by atoms with Crippen molar-refractivity contribution >= 4 is 11.4 Å². The summed E-state index contributed by atoms with van der Waals surface area (Å²) in [4.78, 5) is 0. The average Bonchev–Trinajstić information content (AvgIpc) is 2.52. The summed E-state index contributed by atoms with van der Waals surface area (Å²) >= 11 is 0. The van der Waals surface area contributed by atoms with E-state index in [0.717, 1.165) is 24.2 Å². The normalized spacial score (nSPS) is 10.5. The Balaban J connectivity index is 1.68. The van der Waals surface area contributed by atoms with Crippen molar-refractivity contribution in [3.8, 4) is 0 Å². The van der Waals surface area contributed by atoms with Gasteiger partial charge in [0.15, 0.2) is 0 Å². The first-order valence-corrected chi connectivity index (χ1v) is 7.46. The standard InChI is InChI=1S/C20H20N2/c21-19-10-8-17(9-11-19)12-15-4-6-16(7-5-15)13-18-2-1-3-20(22)14-18/h1-11,14H,12-13,21-22H2. The van der Waals surface area contributed by atoms with Gasteiger partial charge in [-0.1, -0.05) is 48.5 Å². The monoisotopic (exact) mass is 288 g/mol. The van der Waals surface area contributed by atoms with Crippen molar-refractivity contribution < 1.29 is 0 Å². The van der Waals surface area contributed by atoms with Crippen LogP contribution in [0, 0.1) is 0 Å². The van der Waals surface area contributed by atoms with Crippen molar-refractivity contribution in [3.05, 3.63) is 95.1 Å². The van der Waals surface area contributed by atoms with Crippen LogP contribution in [0.1, 0.15) is 22.3 Å². The lowest BCUT2D eigenvalue weighted by Crippen LogP contribution is -1.93. The zero-order valence-corrected chi connectivity index (χ0v) is 12.5. The van der Waals surface area contributed by atoms with Crippen LogP contribution in [0.3, 0.4) is 0 Å². The maximum Gasteiger partial charge on any atom is 0.0316 e. The molecule has 0 heterocycles. The minimum atomic E-state index is 0.807. The molecule has 0 spiro atoms. The first kappa shape index (κ1) is 14.2. The van der Waals surface area contributed by atoms with E-state index in [0.29, 0.717) is 0 Å². The zero-order valence-electron chi connectivity index (χ0n) is 12.5. The third-order valence-corrected chi connectivity index (χ3v) is 3.77. The third-order valence-electron chi connectivity index (χ3n) is 3.77. The number of anilines is 2. The molecule has 0 aliphatic carbocycles. The average molecular weight is 288 g/mol. The van der Waals surface area contributed by atoms with Crippen LogP contribution < -0.4 is 11.5 Å². The van der Waals surface area contributed by atoms with Gasteiger partial charge in [-0.15, -0.1) is 0 Å². The Morgan fingerprint density at radius 3 is 1.55 bits per heavy atom. The molecule has 2 heteroatoms. The highest BCUT2D eigenvalue weighted by Crippen LogP contribution is 2.16. The first-order valence-electron chi connectivity index (χ1n) is 7.46. The molecule has 0 aromatic heterocycles. The Kier molecular flexibility index (Phi) is 4.10. The topological polar surface area (TPSA) is 52.0 Å². The molecule has 4 N–H and O–H groups in total. The summed E-state index contributed by atoms with van der Waals surface area (Å²) < 4.78 is 0. The SMILES string of the molecule is Nc1ccc(Cc2ccc(Cc3cccc(N)c3)cc2)cc1. The van der Waals surface area contributed by atoms with Gasteiger partial charge in [-0.2, -0.15) is 0 Å². The molecule has 3 aromatic rings. The van der Waals surface area contributed by atoms with Gasteiger partial charge in [-0.05, 0) is 59.4 Å². The number of nitrogen functional groups attached to an aromatic ring is 2. The number of benzene rings is 3. The minimum Gasteiger partial charge on any atom is -0.399 e. The van der Waals surface area contributed by atoms with Crippen molar-refractivity contribution in [2.24, 2.45) is 0 Å². The molecule has 0 aliphatic heterocycles. The van der Waals surface area contributed by atoms with Crippen LogP contribution in [0.15, 0.2) is 72.8 Å². The number of hydrogen-bond acceptors (Lipinski definition) is 2. The minimum absolute atomic E-state index is 0.807. The Morgan fingerprint density at radius 2 is 1.00 bits per heavy atom. The lowest BCUT2D eigenvalue weighted by molar-refractivity contribution is 1.15. The quantitative estimate of drug-likeness (QED) is 0.712. The van der Waals surface area contributed by atoms with E-state index in [1.165, 1.54) is 22.3 Å². The first-order chi connectivity index (χ1) is 10.7. The van der Waals surface area contributed by atoms with Crippen molar-refractivity contribution in [3.63, 3.8) is 0 Å². The lowest BCUT2D eigenvalue weighted by atomic mass is 10.00. The van der Waals surface area contributed by atoms with Crippen molar-refractivity contribution in [1.29, 1.82) is 0 Å². The molecule has 0 bridgehead atoms. The molecule has 0 fully saturated rings. The summed E-state index contributed by atoms with van der Waals surface area (Å²) in [6, 6.07) is 24.9. The van der Waals surface area contributed by atoms with E-state index in [1.807, 2.05) is 30.3 Å². The second-order valence-corrected chi connectivity index (χ2v) is 5.66. The molecule has 0 atom stereocenters. The van der Waals surface area contributed by atoms with Crippen LogP contribution in [0.25, 0.3) is 0 Å². The smallest absolute Gasteiger partial charge is 0.0316 e. The molecule has 0 aliphatic rings. The van der Waals surface area contributed by atoms with E-state index >= 15 is 0 Å². The zero-order chi connectivity index (χ0) is 15.4. The molecule has 110 valence electrons. The fourth-order valence-corrected chi connectivity index (χ4v) is 2.58. The fraction of sp³-hybridized carbons (Fsp3) is 0.100. The largest absolute Gasteiger partial charge is 0.399 e. The van der Waals surface area contributed by atoms with Gasteiger partial charge in [0.1, 0.15) is 0 Å². The summed E-state index contributed by atoms with van der Waals surface area (Å²) in [6.07, 6.45) is 1.84. The Morgan fingerprint density at radius 1 is 0.500 bits per heavy atom. The third kappa shape index (κ3) is 3.67. The van der Waals surface area contributed by atoms with Crippen LogP contribution in [0.5, 0.6) is 0 Å². The van der Waals surface area contributed by atoms with Crippen molar-refractivity contribution in [2.45, 2.75) is 12.8 Å². The highest BCUT2D eigenvalue weighted by atomic mass is 14.5. The predicted octanol–water partition coefficient (Wildman–Crippen LogP) is 4.03. The Bertz CT molecular complexity index is 743. The molecule has 2 nitrogen and oxygen atoms in total. The van der Waals surface area contributed by atoms with Gasteiger partial charge in [-0.25, -0.2) is 0 Å². The summed E-state index contributed by atoms with van der Waals surface area (Å²) in [6.45, 7) is 0. The van der Waals surface area contributed by atoms with Gasteiger partial charge < -0.3 is 11.5 Å². The van der Waals surface area contributed by atoms with Crippen molar-refractivity contribution in [2.75, 3.05) is 11.5 Å². The van der Waals surface area contributed by atoms with Crippen LogP contribution in [0.4, 0.5) is 11.4 Å². The molecule has 0 unspecified atom stereocenters. The van der Waals surface area contributed by atoms with Crippen LogP contribution in [-0.4, -0.2) is 0 Å². The van der Waals surface area contributed by atoms with Gasteiger partial charge in [-0.3, -0.25) is 0 Å². The Labute approximate surface area is 131 Å². The molecular weight excluding hydrogens is 268 g/mol. The van der Waals surface area contributed by atoms with E-state index in [-0.39, 0.29) is 0 Å². The highest BCUT2D eigenvalue weighted by Gasteiger charge is 2.00. The van der Waals surface area contributed by atoms with Gasteiger partial charge in [0, 0.05) is 11.4 Å². The van der Waals surface area contributed by atoms with E-state index in [9.17, 15) is 0 Å². The summed E-state index contributed by atoms with van der Waals surface area (Å²) in [7, 11) is 0. The molecule has 0 saturated carbocycles. The Hall–Kier alpha value is -2.74. The summed E-state index contributed by atoms with van der Waals surface area (Å²) in [5, 5.41) is 0. The van der Waals surface area contributed by atoms with Gasteiger partial charge in [0.2, 0.25) is 0 Å². The number of nitrogens with two attached hydrogens (primary N) is 2. The van der Waals surface area contributed by atoms with Gasteiger partial charge in [0.05, 0.1) is 0 Å². The van der Waals surface area contributed by atoms with Gasteiger partial charge >= 0.3 is 0 Å². The lowest BCUT2D eigenvalue weighted by Gasteiger charge is -2.06. The van der Waals surface area contributed by atoms with Gasteiger partial charge in [0.25, 0.3) is 0 Å². The maximum atomic E-state index is 5.82. The van der Waals surface area contributed by atoms with E-state index in [4.69, 9.17) is 11.5 Å². The van der Waals surface area contributed by atoms with E-state index < -0.39 is 0 Å². The summed E-state index contributed by atoms with van der Waals surface area (Å²) in [5.41, 5.74) is 18.3.